The second-order valence-electron chi connectivity index (χ2n) is 7.84. The van der Waals surface area contributed by atoms with Crippen molar-refractivity contribution >= 4 is 27.8 Å². The SMILES string of the molecule is CCc1nc2cnc3cc(OCC(=O)N4CCOCC4)ccc3c2n1CC(C)C. The Kier molecular flexibility index (Phi) is 5.67. The zero-order valence-corrected chi connectivity index (χ0v) is 17.4. The fourth-order valence-corrected chi connectivity index (χ4v) is 3.81. The predicted octanol–water partition coefficient (Wildman–Crippen LogP) is 3.04. The van der Waals surface area contributed by atoms with Gasteiger partial charge in [-0.25, -0.2) is 4.98 Å². The molecule has 1 aromatic carbocycles. The molecule has 0 saturated carbocycles. The van der Waals surface area contributed by atoms with Crippen molar-refractivity contribution in [3.05, 3.63) is 30.2 Å². The van der Waals surface area contributed by atoms with Gasteiger partial charge in [-0.05, 0) is 18.1 Å². The first-order valence-corrected chi connectivity index (χ1v) is 10.3. The molecule has 0 radical (unpaired) electrons. The van der Waals surface area contributed by atoms with Crippen molar-refractivity contribution in [1.82, 2.24) is 19.4 Å². The highest BCUT2D eigenvalue weighted by Crippen LogP contribution is 2.28. The van der Waals surface area contributed by atoms with Crippen molar-refractivity contribution in [3.63, 3.8) is 0 Å². The number of fused-ring (bicyclic) bond motifs is 3. The van der Waals surface area contributed by atoms with E-state index in [1.54, 1.807) is 4.90 Å². The number of rotatable bonds is 6. The maximum atomic E-state index is 12.3. The minimum atomic E-state index is -0.0144. The molecule has 0 aliphatic carbocycles. The molecule has 4 rings (SSSR count). The van der Waals surface area contributed by atoms with Gasteiger partial charge >= 0.3 is 0 Å². The summed E-state index contributed by atoms with van der Waals surface area (Å²) in [5, 5.41) is 1.06. The van der Waals surface area contributed by atoms with E-state index in [9.17, 15) is 4.79 Å². The quantitative estimate of drug-likeness (QED) is 0.641. The molecule has 0 bridgehead atoms. The van der Waals surface area contributed by atoms with E-state index < -0.39 is 0 Å². The van der Waals surface area contributed by atoms with Crippen molar-refractivity contribution in [2.24, 2.45) is 5.92 Å². The zero-order valence-electron chi connectivity index (χ0n) is 17.4. The zero-order chi connectivity index (χ0) is 20.4. The summed E-state index contributed by atoms with van der Waals surface area (Å²) < 4.78 is 13.4. The van der Waals surface area contributed by atoms with E-state index in [0.717, 1.165) is 40.7 Å². The van der Waals surface area contributed by atoms with Crippen LogP contribution >= 0.6 is 0 Å². The van der Waals surface area contributed by atoms with Crippen molar-refractivity contribution in [2.45, 2.75) is 33.7 Å². The van der Waals surface area contributed by atoms with Crippen LogP contribution < -0.4 is 4.74 Å². The monoisotopic (exact) mass is 396 g/mol. The summed E-state index contributed by atoms with van der Waals surface area (Å²) >= 11 is 0. The molecule has 7 heteroatoms. The lowest BCUT2D eigenvalue weighted by Crippen LogP contribution is -2.42. The summed E-state index contributed by atoms with van der Waals surface area (Å²) in [4.78, 5) is 23.5. The number of aryl methyl sites for hydroxylation is 1. The predicted molar refractivity (Wildman–Crippen MR) is 112 cm³/mol. The Balaban J connectivity index is 1.60. The lowest BCUT2D eigenvalue weighted by molar-refractivity contribution is -0.137. The summed E-state index contributed by atoms with van der Waals surface area (Å²) in [6, 6.07) is 5.84. The highest BCUT2D eigenvalue weighted by Gasteiger charge is 2.18. The number of benzene rings is 1. The van der Waals surface area contributed by atoms with E-state index in [0.29, 0.717) is 38.0 Å². The van der Waals surface area contributed by atoms with Gasteiger partial charge in [0.2, 0.25) is 0 Å². The number of hydrogen-bond donors (Lipinski definition) is 0. The van der Waals surface area contributed by atoms with Gasteiger partial charge in [0.25, 0.3) is 5.91 Å². The lowest BCUT2D eigenvalue weighted by Gasteiger charge is -2.26. The van der Waals surface area contributed by atoms with Crippen LogP contribution in [0.4, 0.5) is 0 Å². The molecule has 7 nitrogen and oxygen atoms in total. The van der Waals surface area contributed by atoms with Crippen LogP contribution in [0.5, 0.6) is 5.75 Å². The van der Waals surface area contributed by atoms with Crippen LogP contribution in [-0.4, -0.2) is 58.3 Å². The highest BCUT2D eigenvalue weighted by molar-refractivity contribution is 6.02. The lowest BCUT2D eigenvalue weighted by atomic mass is 10.1. The third kappa shape index (κ3) is 4.05. The molecular formula is C22H28N4O3. The van der Waals surface area contributed by atoms with E-state index in [-0.39, 0.29) is 12.5 Å². The molecular weight excluding hydrogens is 368 g/mol. The Morgan fingerprint density at radius 3 is 2.76 bits per heavy atom. The van der Waals surface area contributed by atoms with E-state index >= 15 is 0 Å². The Bertz CT molecular complexity index is 1020. The number of carbonyl (C=O) groups excluding carboxylic acids is 1. The van der Waals surface area contributed by atoms with Gasteiger partial charge in [-0.1, -0.05) is 20.8 Å². The molecule has 0 unspecified atom stereocenters. The van der Waals surface area contributed by atoms with Gasteiger partial charge in [0.05, 0.1) is 30.4 Å². The number of amides is 1. The highest BCUT2D eigenvalue weighted by atomic mass is 16.5. The van der Waals surface area contributed by atoms with E-state index in [1.807, 2.05) is 24.4 Å². The Labute approximate surface area is 170 Å². The first kappa shape index (κ1) is 19.6. The molecule has 3 heterocycles. The largest absolute Gasteiger partial charge is 0.484 e. The maximum Gasteiger partial charge on any atom is 0.260 e. The Morgan fingerprint density at radius 1 is 1.24 bits per heavy atom. The second-order valence-corrected chi connectivity index (χ2v) is 7.84. The summed E-state index contributed by atoms with van der Waals surface area (Å²) in [7, 11) is 0. The molecule has 1 aliphatic rings. The first-order chi connectivity index (χ1) is 14.1. The summed E-state index contributed by atoms with van der Waals surface area (Å²) in [5.41, 5.74) is 2.89. The summed E-state index contributed by atoms with van der Waals surface area (Å²) in [6.07, 6.45) is 2.71. The molecule has 1 aliphatic heterocycles. The van der Waals surface area contributed by atoms with Crippen molar-refractivity contribution < 1.29 is 14.3 Å². The van der Waals surface area contributed by atoms with Gasteiger partial charge in [-0.15, -0.1) is 0 Å². The molecule has 29 heavy (non-hydrogen) atoms. The third-order valence-electron chi connectivity index (χ3n) is 5.21. The fourth-order valence-electron chi connectivity index (χ4n) is 3.81. The number of pyridine rings is 1. The van der Waals surface area contributed by atoms with Crippen molar-refractivity contribution in [1.29, 1.82) is 0 Å². The van der Waals surface area contributed by atoms with Gasteiger partial charge in [-0.2, -0.15) is 0 Å². The number of morpholine rings is 1. The molecule has 1 saturated heterocycles. The molecule has 3 aromatic rings. The Morgan fingerprint density at radius 2 is 2.03 bits per heavy atom. The number of ether oxygens (including phenoxy) is 2. The van der Waals surface area contributed by atoms with Gasteiger partial charge < -0.3 is 18.9 Å². The molecule has 0 N–H and O–H groups in total. The van der Waals surface area contributed by atoms with Crippen molar-refractivity contribution in [2.75, 3.05) is 32.9 Å². The van der Waals surface area contributed by atoms with Gasteiger partial charge in [-0.3, -0.25) is 9.78 Å². The fraction of sp³-hybridized carbons (Fsp3) is 0.500. The van der Waals surface area contributed by atoms with Crippen LogP contribution in [0.3, 0.4) is 0 Å². The van der Waals surface area contributed by atoms with Crippen LogP contribution in [0, 0.1) is 5.92 Å². The van der Waals surface area contributed by atoms with Crippen molar-refractivity contribution in [3.8, 4) is 5.75 Å². The normalized spacial score (nSPS) is 14.8. The molecule has 0 spiro atoms. The first-order valence-electron chi connectivity index (χ1n) is 10.3. The minimum absolute atomic E-state index is 0.0144. The average Bonchev–Trinajstić information content (AvgIpc) is 3.09. The summed E-state index contributed by atoms with van der Waals surface area (Å²) in [6.45, 7) is 9.93. The topological polar surface area (TPSA) is 69.5 Å². The molecule has 0 atom stereocenters. The number of imidazole rings is 1. The van der Waals surface area contributed by atoms with Gasteiger partial charge in [0.1, 0.15) is 17.1 Å². The minimum Gasteiger partial charge on any atom is -0.484 e. The number of carbonyl (C=O) groups is 1. The van der Waals surface area contributed by atoms with Crippen LogP contribution in [0.15, 0.2) is 24.4 Å². The smallest absolute Gasteiger partial charge is 0.260 e. The number of aromatic nitrogens is 3. The molecule has 1 amide bonds. The maximum absolute atomic E-state index is 12.3. The van der Waals surface area contributed by atoms with Crippen LogP contribution in [0.25, 0.3) is 21.9 Å². The van der Waals surface area contributed by atoms with E-state index in [1.165, 1.54) is 0 Å². The summed E-state index contributed by atoms with van der Waals surface area (Å²) in [5.74, 6) is 2.24. The Hall–Kier alpha value is -2.67. The van der Waals surface area contributed by atoms with Gasteiger partial charge in [0.15, 0.2) is 6.61 Å². The molecule has 2 aromatic heterocycles. The van der Waals surface area contributed by atoms with Crippen LogP contribution in [-0.2, 0) is 22.5 Å². The average molecular weight is 396 g/mol. The number of nitrogens with zero attached hydrogens (tertiary/aromatic N) is 4. The second kappa shape index (κ2) is 8.37. The van der Waals surface area contributed by atoms with Gasteiger partial charge in [0, 0.05) is 37.5 Å². The van der Waals surface area contributed by atoms with E-state index in [4.69, 9.17) is 14.5 Å². The molecule has 154 valence electrons. The molecule has 1 fully saturated rings. The van der Waals surface area contributed by atoms with Crippen LogP contribution in [0.1, 0.15) is 26.6 Å². The third-order valence-corrected chi connectivity index (χ3v) is 5.21. The standard InChI is InChI=1S/C22H28N4O3/c1-4-20-24-19-12-23-18-11-16(29-14-21(27)25-7-9-28-10-8-25)5-6-17(18)22(19)26(20)13-15(2)3/h5-6,11-12,15H,4,7-10,13-14H2,1-3H3. The van der Waals surface area contributed by atoms with E-state index in [2.05, 4.69) is 30.3 Å². The van der Waals surface area contributed by atoms with Crippen LogP contribution in [0.2, 0.25) is 0 Å². The number of hydrogen-bond acceptors (Lipinski definition) is 5.